The maximum absolute atomic E-state index is 13.4. The highest BCUT2D eigenvalue weighted by Crippen LogP contribution is 2.31. The molecule has 30 heavy (non-hydrogen) atoms. The predicted molar refractivity (Wildman–Crippen MR) is 119 cm³/mol. The van der Waals surface area contributed by atoms with Crippen molar-refractivity contribution in [1.29, 1.82) is 5.26 Å². The predicted octanol–water partition coefficient (Wildman–Crippen LogP) is 4.21. The summed E-state index contributed by atoms with van der Waals surface area (Å²) in [7, 11) is 0. The SMILES string of the molecule is N#CCn1c(CN2CCc3ccccc3C2)nc2scc(-c3ccccc3)c2c1=O. The molecule has 0 radical (unpaired) electrons. The maximum Gasteiger partial charge on any atom is 0.263 e. The van der Waals surface area contributed by atoms with Gasteiger partial charge in [-0.05, 0) is 23.1 Å². The molecule has 5 nitrogen and oxygen atoms in total. The van der Waals surface area contributed by atoms with Crippen LogP contribution in [0, 0.1) is 11.3 Å². The largest absolute Gasteiger partial charge is 0.291 e. The van der Waals surface area contributed by atoms with Gasteiger partial charge in [0.2, 0.25) is 0 Å². The fourth-order valence-corrected chi connectivity index (χ4v) is 5.10. The van der Waals surface area contributed by atoms with Gasteiger partial charge in [-0.3, -0.25) is 14.3 Å². The highest BCUT2D eigenvalue weighted by Gasteiger charge is 2.21. The second kappa shape index (κ2) is 7.86. The Labute approximate surface area is 178 Å². The van der Waals surface area contributed by atoms with Gasteiger partial charge in [-0.25, -0.2) is 4.98 Å². The Morgan fingerprint density at radius 3 is 2.63 bits per heavy atom. The summed E-state index contributed by atoms with van der Waals surface area (Å²) >= 11 is 1.49. The van der Waals surface area contributed by atoms with Gasteiger partial charge < -0.3 is 0 Å². The lowest BCUT2D eigenvalue weighted by molar-refractivity contribution is 0.235. The standard InChI is InChI=1S/C24H20N4OS/c25-11-13-28-21(15-27-12-10-17-6-4-5-9-19(17)14-27)26-23-22(24(28)29)20(16-30-23)18-7-2-1-3-8-18/h1-9,16H,10,12-15H2. The van der Waals surface area contributed by atoms with Crippen LogP contribution in [0.15, 0.2) is 64.8 Å². The van der Waals surface area contributed by atoms with Crippen molar-refractivity contribution in [3.8, 4) is 17.2 Å². The molecule has 2 aromatic carbocycles. The first kappa shape index (κ1) is 18.7. The number of benzene rings is 2. The summed E-state index contributed by atoms with van der Waals surface area (Å²) in [5.41, 5.74) is 4.46. The van der Waals surface area contributed by atoms with Gasteiger partial charge in [0.1, 0.15) is 17.2 Å². The molecule has 0 unspecified atom stereocenters. The molecule has 0 amide bonds. The molecule has 2 aromatic heterocycles. The minimum Gasteiger partial charge on any atom is -0.291 e. The minimum absolute atomic E-state index is 0.00557. The van der Waals surface area contributed by atoms with Crippen LogP contribution in [0.4, 0.5) is 0 Å². The number of hydrogen-bond donors (Lipinski definition) is 0. The van der Waals surface area contributed by atoms with Crippen LogP contribution in [0.25, 0.3) is 21.3 Å². The molecule has 0 saturated heterocycles. The highest BCUT2D eigenvalue weighted by atomic mass is 32.1. The molecule has 1 aliphatic heterocycles. The van der Waals surface area contributed by atoms with Crippen molar-refractivity contribution in [2.45, 2.75) is 26.1 Å². The second-order valence-corrected chi connectivity index (χ2v) is 8.36. The summed E-state index contributed by atoms with van der Waals surface area (Å²) in [6.45, 7) is 2.30. The van der Waals surface area contributed by atoms with Gasteiger partial charge in [-0.15, -0.1) is 11.3 Å². The molecule has 0 atom stereocenters. The minimum atomic E-state index is -0.130. The van der Waals surface area contributed by atoms with Gasteiger partial charge in [0.15, 0.2) is 0 Å². The van der Waals surface area contributed by atoms with Crippen molar-refractivity contribution in [3.05, 3.63) is 87.3 Å². The van der Waals surface area contributed by atoms with Crippen molar-refractivity contribution < 1.29 is 0 Å². The third-order valence-electron chi connectivity index (χ3n) is 5.66. The van der Waals surface area contributed by atoms with E-state index in [1.807, 2.05) is 35.7 Å². The van der Waals surface area contributed by atoms with E-state index in [-0.39, 0.29) is 12.1 Å². The van der Waals surface area contributed by atoms with E-state index in [0.717, 1.165) is 35.5 Å². The molecular weight excluding hydrogens is 392 g/mol. The van der Waals surface area contributed by atoms with E-state index >= 15 is 0 Å². The van der Waals surface area contributed by atoms with Crippen molar-refractivity contribution in [2.24, 2.45) is 0 Å². The van der Waals surface area contributed by atoms with Crippen LogP contribution in [0.5, 0.6) is 0 Å². The molecule has 148 valence electrons. The van der Waals surface area contributed by atoms with E-state index in [2.05, 4.69) is 35.2 Å². The van der Waals surface area contributed by atoms with Crippen LogP contribution in [0.1, 0.15) is 17.0 Å². The smallest absolute Gasteiger partial charge is 0.263 e. The summed E-state index contributed by atoms with van der Waals surface area (Å²) in [6.07, 6.45) is 0.984. The number of aromatic nitrogens is 2. The molecule has 0 aliphatic carbocycles. The van der Waals surface area contributed by atoms with E-state index < -0.39 is 0 Å². The Kier molecular flexibility index (Phi) is 4.91. The normalized spacial score (nSPS) is 13.8. The molecule has 3 heterocycles. The third kappa shape index (κ3) is 3.32. The average molecular weight is 413 g/mol. The van der Waals surface area contributed by atoms with Crippen molar-refractivity contribution >= 4 is 21.6 Å². The zero-order valence-electron chi connectivity index (χ0n) is 16.4. The van der Waals surface area contributed by atoms with Crippen LogP contribution < -0.4 is 5.56 Å². The summed E-state index contributed by atoms with van der Waals surface area (Å²) < 4.78 is 1.54. The second-order valence-electron chi connectivity index (χ2n) is 7.50. The third-order valence-corrected chi connectivity index (χ3v) is 6.53. The monoisotopic (exact) mass is 412 g/mol. The Morgan fingerprint density at radius 2 is 1.83 bits per heavy atom. The lowest BCUT2D eigenvalue weighted by Gasteiger charge is -2.28. The quantitative estimate of drug-likeness (QED) is 0.504. The van der Waals surface area contributed by atoms with Gasteiger partial charge in [-0.1, -0.05) is 54.6 Å². The number of nitriles is 1. The first-order chi connectivity index (χ1) is 14.7. The molecule has 0 bridgehead atoms. The number of nitrogens with zero attached hydrogens (tertiary/aromatic N) is 4. The van der Waals surface area contributed by atoms with Crippen molar-refractivity contribution in [3.63, 3.8) is 0 Å². The van der Waals surface area contributed by atoms with Gasteiger partial charge in [-0.2, -0.15) is 5.26 Å². The van der Waals surface area contributed by atoms with Crippen molar-refractivity contribution in [2.75, 3.05) is 6.54 Å². The average Bonchev–Trinajstić information content (AvgIpc) is 3.21. The summed E-state index contributed by atoms with van der Waals surface area (Å²) in [4.78, 5) is 21.3. The lowest BCUT2D eigenvalue weighted by Crippen LogP contribution is -2.34. The van der Waals surface area contributed by atoms with Crippen LogP contribution >= 0.6 is 11.3 Å². The molecule has 5 rings (SSSR count). The zero-order chi connectivity index (χ0) is 20.5. The molecule has 6 heteroatoms. The van der Waals surface area contributed by atoms with Crippen LogP contribution in [-0.2, 0) is 26.1 Å². The molecule has 0 N–H and O–H groups in total. The number of fused-ring (bicyclic) bond motifs is 2. The summed E-state index contributed by atoms with van der Waals surface area (Å²) in [5, 5.41) is 12.0. The number of rotatable bonds is 4. The Morgan fingerprint density at radius 1 is 1.07 bits per heavy atom. The fourth-order valence-electron chi connectivity index (χ4n) is 4.14. The number of thiophene rings is 1. The van der Waals surface area contributed by atoms with Gasteiger partial charge in [0, 0.05) is 24.0 Å². The van der Waals surface area contributed by atoms with Crippen molar-refractivity contribution in [1.82, 2.24) is 14.5 Å². The maximum atomic E-state index is 13.4. The number of hydrogen-bond acceptors (Lipinski definition) is 5. The van der Waals surface area contributed by atoms with E-state index in [9.17, 15) is 10.1 Å². The molecule has 0 spiro atoms. The fraction of sp³-hybridized carbons (Fsp3) is 0.208. The zero-order valence-corrected chi connectivity index (χ0v) is 17.2. The van der Waals surface area contributed by atoms with E-state index in [4.69, 9.17) is 4.98 Å². The van der Waals surface area contributed by atoms with E-state index in [0.29, 0.717) is 17.8 Å². The van der Waals surface area contributed by atoms with E-state index in [1.165, 1.54) is 22.5 Å². The molecule has 4 aromatic rings. The first-order valence-electron chi connectivity index (χ1n) is 9.97. The molecule has 0 fully saturated rings. The Balaban J connectivity index is 1.55. The van der Waals surface area contributed by atoms with E-state index in [1.54, 1.807) is 4.57 Å². The first-order valence-corrected chi connectivity index (χ1v) is 10.8. The molecule has 1 aliphatic rings. The van der Waals surface area contributed by atoms with Crippen LogP contribution in [0.2, 0.25) is 0 Å². The summed E-state index contributed by atoms with van der Waals surface area (Å²) in [5.74, 6) is 0.662. The topological polar surface area (TPSA) is 61.9 Å². The Bertz CT molecular complexity index is 1320. The van der Waals surface area contributed by atoms with Crippen LogP contribution in [0.3, 0.4) is 0 Å². The van der Waals surface area contributed by atoms with Gasteiger partial charge in [0.25, 0.3) is 5.56 Å². The van der Waals surface area contributed by atoms with Crippen LogP contribution in [-0.4, -0.2) is 21.0 Å². The van der Waals surface area contributed by atoms with Gasteiger partial charge in [0.05, 0.1) is 18.0 Å². The molecular formula is C24H20N4OS. The highest BCUT2D eigenvalue weighted by molar-refractivity contribution is 7.17. The summed E-state index contributed by atoms with van der Waals surface area (Å²) in [6, 6.07) is 20.5. The Hall–Kier alpha value is -3.27. The lowest BCUT2D eigenvalue weighted by atomic mass is 10.00. The van der Waals surface area contributed by atoms with Gasteiger partial charge >= 0.3 is 0 Å². The molecule has 0 saturated carbocycles.